The molecule has 2 rings (SSSR count). The maximum Gasteiger partial charge on any atom is 0.242 e. The number of sulfonamides is 1. The number of methoxy groups -OCH3 is 1. The zero-order valence-corrected chi connectivity index (χ0v) is 11.2. The molecule has 0 spiro atoms. The highest BCUT2D eigenvalue weighted by Gasteiger charge is 2.37. The molecule has 0 radical (unpaired) electrons. The van der Waals surface area contributed by atoms with Gasteiger partial charge >= 0.3 is 0 Å². The molecule has 1 heterocycles. The predicted molar refractivity (Wildman–Crippen MR) is 67.6 cm³/mol. The number of rotatable bonds is 6. The lowest BCUT2D eigenvalue weighted by molar-refractivity contribution is 0.0220. The zero-order chi connectivity index (χ0) is 13.1. The summed E-state index contributed by atoms with van der Waals surface area (Å²) in [7, 11) is -1.81. The lowest BCUT2D eigenvalue weighted by Gasteiger charge is -2.41. The first-order chi connectivity index (χ1) is 8.58. The lowest BCUT2D eigenvalue weighted by atomic mass is 9.69. The smallest absolute Gasteiger partial charge is 0.242 e. The number of ether oxygens (including phenoxy) is 1. The van der Waals surface area contributed by atoms with Gasteiger partial charge in [-0.2, -0.15) is 0 Å². The Labute approximate surface area is 108 Å². The van der Waals surface area contributed by atoms with E-state index in [9.17, 15) is 8.42 Å². The quantitative estimate of drug-likeness (QED) is 0.842. The molecule has 5 nitrogen and oxygen atoms in total. The first-order valence-electron chi connectivity index (χ1n) is 5.97. The molecule has 0 aromatic carbocycles. The molecule has 0 unspecified atom stereocenters. The molecule has 0 bridgehead atoms. The van der Waals surface area contributed by atoms with E-state index >= 15 is 0 Å². The van der Waals surface area contributed by atoms with Crippen LogP contribution in [-0.2, 0) is 14.8 Å². The first-order valence-corrected chi connectivity index (χ1v) is 7.45. The molecular formula is C12H18N2O3S. The van der Waals surface area contributed by atoms with Crippen molar-refractivity contribution in [2.45, 2.75) is 24.2 Å². The Kier molecular flexibility index (Phi) is 3.99. The number of pyridine rings is 1. The highest BCUT2D eigenvalue weighted by molar-refractivity contribution is 7.89. The number of hydrogen-bond acceptors (Lipinski definition) is 4. The average Bonchev–Trinajstić information content (AvgIpc) is 2.33. The maximum atomic E-state index is 12.0. The van der Waals surface area contributed by atoms with E-state index in [0.29, 0.717) is 13.2 Å². The van der Waals surface area contributed by atoms with E-state index in [1.165, 1.54) is 6.20 Å². The van der Waals surface area contributed by atoms with Crippen LogP contribution in [0.4, 0.5) is 0 Å². The van der Waals surface area contributed by atoms with Gasteiger partial charge in [-0.15, -0.1) is 0 Å². The minimum atomic E-state index is -3.46. The second-order valence-electron chi connectivity index (χ2n) is 4.80. The van der Waals surface area contributed by atoms with E-state index in [4.69, 9.17) is 4.74 Å². The van der Waals surface area contributed by atoms with Gasteiger partial charge in [0.05, 0.1) is 6.61 Å². The molecule has 1 aromatic heterocycles. The molecule has 1 aliphatic carbocycles. The topological polar surface area (TPSA) is 68.3 Å². The van der Waals surface area contributed by atoms with Crippen molar-refractivity contribution in [2.24, 2.45) is 5.41 Å². The molecule has 1 fully saturated rings. The number of nitrogens with zero attached hydrogens (tertiary/aromatic N) is 1. The molecule has 0 aliphatic heterocycles. The molecule has 18 heavy (non-hydrogen) atoms. The highest BCUT2D eigenvalue weighted by atomic mass is 32.2. The van der Waals surface area contributed by atoms with Crippen LogP contribution in [0.3, 0.4) is 0 Å². The minimum absolute atomic E-state index is 0.0238. The third-order valence-electron chi connectivity index (χ3n) is 3.45. The predicted octanol–water partition coefficient (Wildman–Crippen LogP) is 1.18. The van der Waals surface area contributed by atoms with Crippen LogP contribution >= 0.6 is 0 Å². The van der Waals surface area contributed by atoms with Gasteiger partial charge in [0.1, 0.15) is 4.90 Å². The summed E-state index contributed by atoms with van der Waals surface area (Å²) < 4.78 is 31.9. The van der Waals surface area contributed by atoms with Crippen LogP contribution in [0.25, 0.3) is 0 Å². The first kappa shape index (κ1) is 13.5. The Balaban J connectivity index is 2.01. The summed E-state index contributed by atoms with van der Waals surface area (Å²) in [5.41, 5.74) is -0.0238. The Bertz CT molecular complexity index is 483. The van der Waals surface area contributed by atoms with E-state index in [0.717, 1.165) is 19.3 Å². The average molecular weight is 270 g/mol. The van der Waals surface area contributed by atoms with Gasteiger partial charge < -0.3 is 4.74 Å². The van der Waals surface area contributed by atoms with Crippen LogP contribution in [0, 0.1) is 5.41 Å². The van der Waals surface area contributed by atoms with Gasteiger partial charge in [0.25, 0.3) is 0 Å². The van der Waals surface area contributed by atoms with Gasteiger partial charge in [-0.05, 0) is 25.0 Å². The van der Waals surface area contributed by atoms with Crippen LogP contribution in [0.1, 0.15) is 19.3 Å². The van der Waals surface area contributed by atoms with Crippen LogP contribution in [0.2, 0.25) is 0 Å². The third kappa shape index (κ3) is 2.88. The fourth-order valence-corrected chi connectivity index (χ4v) is 3.31. The van der Waals surface area contributed by atoms with Gasteiger partial charge in [0.15, 0.2) is 0 Å². The van der Waals surface area contributed by atoms with Crippen molar-refractivity contribution in [2.75, 3.05) is 20.3 Å². The van der Waals surface area contributed by atoms with Crippen LogP contribution < -0.4 is 4.72 Å². The highest BCUT2D eigenvalue weighted by Crippen LogP contribution is 2.40. The SMILES string of the molecule is COCC1(CNS(=O)(=O)c2cccnc2)CCC1. The Morgan fingerprint density at radius 2 is 2.28 bits per heavy atom. The van der Waals surface area contributed by atoms with Crippen molar-refractivity contribution in [1.29, 1.82) is 0 Å². The van der Waals surface area contributed by atoms with Crippen molar-refractivity contribution < 1.29 is 13.2 Å². The Morgan fingerprint density at radius 3 is 2.78 bits per heavy atom. The molecule has 0 amide bonds. The Morgan fingerprint density at radius 1 is 1.50 bits per heavy atom. The summed E-state index contributed by atoms with van der Waals surface area (Å²) in [5.74, 6) is 0. The summed E-state index contributed by atoms with van der Waals surface area (Å²) in [6, 6.07) is 3.15. The molecule has 1 aromatic rings. The molecule has 0 saturated heterocycles. The van der Waals surface area contributed by atoms with Gasteiger partial charge in [-0.3, -0.25) is 4.98 Å². The molecule has 1 aliphatic rings. The van der Waals surface area contributed by atoms with Crippen LogP contribution in [0.5, 0.6) is 0 Å². The van der Waals surface area contributed by atoms with Crippen molar-refractivity contribution in [3.8, 4) is 0 Å². The molecule has 100 valence electrons. The van der Waals surface area contributed by atoms with Gasteiger partial charge in [0, 0.05) is 31.5 Å². The second kappa shape index (κ2) is 5.34. The van der Waals surface area contributed by atoms with Crippen LogP contribution in [-0.4, -0.2) is 33.7 Å². The van der Waals surface area contributed by atoms with Crippen molar-refractivity contribution in [3.63, 3.8) is 0 Å². The second-order valence-corrected chi connectivity index (χ2v) is 6.57. The van der Waals surface area contributed by atoms with Crippen molar-refractivity contribution in [1.82, 2.24) is 9.71 Å². The van der Waals surface area contributed by atoms with Gasteiger partial charge in [-0.25, -0.2) is 13.1 Å². The normalized spacial score (nSPS) is 18.3. The number of hydrogen-bond donors (Lipinski definition) is 1. The van der Waals surface area contributed by atoms with Crippen LogP contribution in [0.15, 0.2) is 29.4 Å². The van der Waals surface area contributed by atoms with E-state index in [1.54, 1.807) is 25.4 Å². The van der Waals surface area contributed by atoms with Gasteiger partial charge in [-0.1, -0.05) is 6.42 Å². The molecular weight excluding hydrogens is 252 g/mol. The number of aromatic nitrogens is 1. The van der Waals surface area contributed by atoms with Crippen molar-refractivity contribution in [3.05, 3.63) is 24.5 Å². The van der Waals surface area contributed by atoms with E-state index in [1.807, 2.05) is 0 Å². The fourth-order valence-electron chi connectivity index (χ4n) is 2.19. The zero-order valence-electron chi connectivity index (χ0n) is 10.4. The molecule has 6 heteroatoms. The number of nitrogens with one attached hydrogen (secondary N) is 1. The monoisotopic (exact) mass is 270 g/mol. The summed E-state index contributed by atoms with van der Waals surface area (Å²) in [6.07, 6.45) is 6.06. The summed E-state index contributed by atoms with van der Waals surface area (Å²) in [5, 5.41) is 0. The van der Waals surface area contributed by atoms with Gasteiger partial charge in [0.2, 0.25) is 10.0 Å². The summed E-state index contributed by atoms with van der Waals surface area (Å²) in [4.78, 5) is 4.03. The summed E-state index contributed by atoms with van der Waals surface area (Å²) >= 11 is 0. The standard InChI is InChI=1S/C12H18N2O3S/c1-17-10-12(5-3-6-12)9-14-18(15,16)11-4-2-7-13-8-11/h2,4,7-8,14H,3,5-6,9-10H2,1H3. The molecule has 1 N–H and O–H groups in total. The Hall–Kier alpha value is -0.980. The fraction of sp³-hybridized carbons (Fsp3) is 0.583. The van der Waals surface area contributed by atoms with E-state index in [2.05, 4.69) is 9.71 Å². The third-order valence-corrected chi connectivity index (χ3v) is 4.83. The molecule has 1 saturated carbocycles. The van der Waals surface area contributed by atoms with E-state index < -0.39 is 10.0 Å². The summed E-state index contributed by atoms with van der Waals surface area (Å²) in [6.45, 7) is 1.03. The minimum Gasteiger partial charge on any atom is -0.384 e. The maximum absolute atomic E-state index is 12.0. The van der Waals surface area contributed by atoms with E-state index in [-0.39, 0.29) is 10.3 Å². The lowest BCUT2D eigenvalue weighted by Crippen LogP contribution is -2.45. The molecule has 0 atom stereocenters. The van der Waals surface area contributed by atoms with Crippen molar-refractivity contribution >= 4 is 10.0 Å². The largest absolute Gasteiger partial charge is 0.384 e.